The van der Waals surface area contributed by atoms with Gasteiger partial charge in [-0.05, 0) is 70.6 Å². The molecule has 3 heterocycles. The van der Waals surface area contributed by atoms with Crippen LogP contribution in [0.2, 0.25) is 0 Å². The molecule has 0 bridgehead atoms. The van der Waals surface area contributed by atoms with Crippen molar-refractivity contribution in [2.45, 2.75) is 465 Å². The van der Waals surface area contributed by atoms with E-state index in [1.54, 1.807) is 6.08 Å². The fraction of sp³-hybridized carbons (Fsp3) is 0.837. The summed E-state index contributed by atoms with van der Waals surface area (Å²) >= 11 is 0. The lowest BCUT2D eigenvalue weighted by atomic mass is 9.96. The van der Waals surface area contributed by atoms with Gasteiger partial charge in [-0.3, -0.25) is 4.79 Å². The standard InChI is InChI=1S/C92H165NO18/c1-3-5-7-9-11-13-15-17-19-21-23-25-27-29-31-32-33-34-35-36-37-38-39-40-41-42-44-46-48-50-52-54-56-58-60-62-64-66-68-70-80(98)93-75(76(97)69-67-65-63-61-59-57-55-53-51-49-47-45-43-30-28-26-24-22-20-18-16-14-12-10-8-6-4-2)74-106-90-86(104)83(101)88(78(72-95)108-90)111-92-87(105)84(102)89(79(73-96)109-92)110-91-85(103)82(100)81(99)77(71-94)107-91/h5,7,11,13,17,19,23,25,29,31,33-34,67,69,75-79,81-92,94-97,99-105H,3-4,6,8-10,12,14-16,18,20-22,24,26-28,30,32,35-66,68,70-74H2,1-2H3,(H,93,98)/b7-5-,13-11-,19-17-,25-23-,31-29-,34-33-,69-67+. The van der Waals surface area contributed by atoms with Gasteiger partial charge in [-0.1, -0.05) is 369 Å². The third-order valence-electron chi connectivity index (χ3n) is 22.2. The average molecular weight is 1570 g/mol. The van der Waals surface area contributed by atoms with Crippen molar-refractivity contribution in [3.63, 3.8) is 0 Å². The second-order valence-electron chi connectivity index (χ2n) is 32.0. The molecular formula is C92H165NO18. The highest BCUT2D eigenvalue weighted by Crippen LogP contribution is 2.34. The second-order valence-corrected chi connectivity index (χ2v) is 32.0. The molecule has 111 heavy (non-hydrogen) atoms. The van der Waals surface area contributed by atoms with Gasteiger partial charge in [0.05, 0.1) is 38.6 Å². The van der Waals surface area contributed by atoms with Gasteiger partial charge in [0.1, 0.15) is 73.2 Å². The number of allylic oxidation sites excluding steroid dienone is 13. The zero-order chi connectivity index (χ0) is 80.3. The number of unbranched alkanes of at least 4 members (excludes halogenated alkanes) is 45. The molecule has 17 unspecified atom stereocenters. The number of carbonyl (C=O) groups excluding carboxylic acids is 1. The molecule has 0 aromatic carbocycles. The largest absolute Gasteiger partial charge is 0.394 e. The van der Waals surface area contributed by atoms with E-state index < -0.39 is 124 Å². The first kappa shape index (κ1) is 102. The Balaban J connectivity index is 1.31. The quantitative estimate of drug-likeness (QED) is 0.0199. The van der Waals surface area contributed by atoms with Crippen LogP contribution >= 0.6 is 0 Å². The number of hydrogen-bond acceptors (Lipinski definition) is 18. The molecule has 0 aromatic heterocycles. The molecule has 12 N–H and O–H groups in total. The predicted molar refractivity (Wildman–Crippen MR) is 448 cm³/mol. The fourth-order valence-corrected chi connectivity index (χ4v) is 15.0. The van der Waals surface area contributed by atoms with Crippen molar-refractivity contribution in [3.05, 3.63) is 85.1 Å². The molecule has 3 saturated heterocycles. The molecule has 0 aromatic rings. The number of rotatable bonds is 73. The zero-order valence-electron chi connectivity index (χ0n) is 69.7. The van der Waals surface area contributed by atoms with Gasteiger partial charge >= 0.3 is 0 Å². The number of ether oxygens (including phenoxy) is 6. The van der Waals surface area contributed by atoms with Crippen molar-refractivity contribution < 1.29 is 89.4 Å². The van der Waals surface area contributed by atoms with E-state index in [2.05, 4.69) is 92.1 Å². The van der Waals surface area contributed by atoms with Crippen LogP contribution in [-0.4, -0.2) is 193 Å². The molecule has 19 heteroatoms. The highest BCUT2D eigenvalue weighted by atomic mass is 16.8. The Bertz CT molecular complexity index is 2330. The summed E-state index contributed by atoms with van der Waals surface area (Å²) in [4.78, 5) is 13.5. The van der Waals surface area contributed by atoms with Crippen LogP contribution < -0.4 is 5.32 Å². The molecule has 17 atom stereocenters. The van der Waals surface area contributed by atoms with Crippen LogP contribution in [0, 0.1) is 0 Å². The topological polar surface area (TPSA) is 307 Å². The minimum atomic E-state index is -1.98. The van der Waals surface area contributed by atoms with Crippen molar-refractivity contribution in [1.82, 2.24) is 5.32 Å². The first-order chi connectivity index (χ1) is 54.3. The van der Waals surface area contributed by atoms with E-state index in [9.17, 15) is 61.0 Å². The summed E-state index contributed by atoms with van der Waals surface area (Å²) in [6, 6.07) is -0.977. The summed E-state index contributed by atoms with van der Waals surface area (Å²) < 4.78 is 34.5. The van der Waals surface area contributed by atoms with Crippen LogP contribution in [0.25, 0.3) is 0 Å². The molecule has 3 rings (SSSR count). The number of nitrogens with one attached hydrogen (secondary N) is 1. The average Bonchev–Trinajstić information content (AvgIpc) is 0.780. The van der Waals surface area contributed by atoms with Crippen LogP contribution in [0.4, 0.5) is 0 Å². The SMILES string of the molecule is CC/C=C\C/C=C\C/C=C\C/C=C\C/C=C\C/C=C\CCCCCCCCCCCCCCCCCCCCCCC(=O)NC(COC1OC(CO)C(OC2OC(CO)C(OC3OC(CO)C(O)C(O)C3O)C(O)C2O)C(O)C1O)C(O)/C=C/CCCCCCCCCCCCCCCCCCCCCCCCCCC. The number of hydrogen-bond donors (Lipinski definition) is 12. The summed E-state index contributed by atoms with van der Waals surface area (Å²) in [5, 5.41) is 121. The molecule has 19 nitrogen and oxygen atoms in total. The van der Waals surface area contributed by atoms with Gasteiger partial charge in [0.25, 0.3) is 0 Å². The smallest absolute Gasteiger partial charge is 0.220 e. The van der Waals surface area contributed by atoms with Gasteiger partial charge in [0.2, 0.25) is 5.91 Å². The minimum Gasteiger partial charge on any atom is -0.394 e. The number of carbonyl (C=O) groups is 1. The van der Waals surface area contributed by atoms with Crippen LogP contribution in [0.5, 0.6) is 0 Å². The normalized spacial score (nSPS) is 25.4. The lowest BCUT2D eigenvalue weighted by molar-refractivity contribution is -0.379. The molecular weight excluding hydrogens is 1410 g/mol. The van der Waals surface area contributed by atoms with Gasteiger partial charge in [-0.25, -0.2) is 0 Å². The van der Waals surface area contributed by atoms with Crippen molar-refractivity contribution in [1.29, 1.82) is 0 Å². The third-order valence-corrected chi connectivity index (χ3v) is 22.2. The Morgan fingerprint density at radius 2 is 0.622 bits per heavy atom. The van der Waals surface area contributed by atoms with Gasteiger partial charge in [-0.15, -0.1) is 0 Å². The zero-order valence-corrected chi connectivity index (χ0v) is 69.7. The van der Waals surface area contributed by atoms with Crippen molar-refractivity contribution >= 4 is 5.91 Å². The third kappa shape index (κ3) is 49.7. The van der Waals surface area contributed by atoms with Gasteiger partial charge in [-0.2, -0.15) is 0 Å². The first-order valence-corrected chi connectivity index (χ1v) is 45.3. The van der Waals surface area contributed by atoms with Gasteiger partial charge in [0.15, 0.2) is 18.9 Å². The summed E-state index contributed by atoms with van der Waals surface area (Å²) in [6.45, 7) is 1.67. The maximum Gasteiger partial charge on any atom is 0.220 e. The maximum absolute atomic E-state index is 13.5. The first-order valence-electron chi connectivity index (χ1n) is 45.3. The van der Waals surface area contributed by atoms with Crippen molar-refractivity contribution in [2.75, 3.05) is 26.4 Å². The highest BCUT2D eigenvalue weighted by Gasteiger charge is 2.54. The summed E-state index contributed by atoms with van der Waals surface area (Å²) in [6.07, 6.45) is 70.1. The van der Waals surface area contributed by atoms with Crippen LogP contribution in [0.3, 0.4) is 0 Å². The summed E-state index contributed by atoms with van der Waals surface area (Å²) in [5.41, 5.74) is 0. The maximum atomic E-state index is 13.5. The Kier molecular flexibility index (Phi) is 65.4. The molecule has 3 aliphatic heterocycles. The molecule has 0 radical (unpaired) electrons. The van der Waals surface area contributed by atoms with Crippen LogP contribution in [0.1, 0.15) is 361 Å². The number of aliphatic hydroxyl groups is 11. The van der Waals surface area contributed by atoms with Crippen molar-refractivity contribution in [2.24, 2.45) is 0 Å². The van der Waals surface area contributed by atoms with E-state index in [0.717, 1.165) is 83.5 Å². The Hall–Kier alpha value is -3.03. The summed E-state index contributed by atoms with van der Waals surface area (Å²) in [7, 11) is 0. The lowest BCUT2D eigenvalue weighted by Gasteiger charge is -2.48. The number of aliphatic hydroxyl groups excluding tert-OH is 11. The minimum absolute atomic E-state index is 0.244. The Labute approximate surface area is 673 Å². The van der Waals surface area contributed by atoms with E-state index in [-0.39, 0.29) is 18.9 Å². The van der Waals surface area contributed by atoms with Crippen molar-refractivity contribution in [3.8, 4) is 0 Å². The molecule has 0 aliphatic carbocycles. The Morgan fingerprint density at radius 3 is 0.973 bits per heavy atom. The van der Waals surface area contributed by atoms with E-state index in [1.807, 2.05) is 6.08 Å². The fourth-order valence-electron chi connectivity index (χ4n) is 15.0. The van der Waals surface area contributed by atoms with E-state index >= 15 is 0 Å². The monoisotopic (exact) mass is 1570 g/mol. The molecule has 0 saturated carbocycles. The molecule has 0 spiro atoms. The second kappa shape index (κ2) is 71.1. The molecule has 3 fully saturated rings. The van der Waals surface area contributed by atoms with Crippen LogP contribution in [0.15, 0.2) is 85.1 Å². The van der Waals surface area contributed by atoms with E-state index in [1.165, 1.54) is 250 Å². The number of amides is 1. The molecule has 1 amide bonds. The van der Waals surface area contributed by atoms with Crippen LogP contribution in [-0.2, 0) is 33.2 Å². The van der Waals surface area contributed by atoms with E-state index in [0.29, 0.717) is 6.42 Å². The van der Waals surface area contributed by atoms with Gasteiger partial charge < -0.3 is 89.9 Å². The summed E-state index contributed by atoms with van der Waals surface area (Å²) in [5.74, 6) is -0.270. The molecule has 646 valence electrons. The van der Waals surface area contributed by atoms with Gasteiger partial charge in [0, 0.05) is 6.42 Å². The lowest BCUT2D eigenvalue weighted by Crippen LogP contribution is -2.66. The van der Waals surface area contributed by atoms with E-state index in [4.69, 9.17) is 28.4 Å². The highest BCUT2D eigenvalue weighted by molar-refractivity contribution is 5.76. The Morgan fingerprint density at radius 1 is 0.333 bits per heavy atom. The predicted octanol–water partition coefficient (Wildman–Crippen LogP) is 17.3. The molecule has 3 aliphatic rings.